The minimum Gasteiger partial charge on any atom is -0.497 e. The molecule has 46 heavy (non-hydrogen) atoms. The molecule has 0 spiro atoms. The summed E-state index contributed by atoms with van der Waals surface area (Å²) in [5, 5.41) is 0.497. The molecule has 0 saturated carbocycles. The van der Waals surface area contributed by atoms with Gasteiger partial charge >= 0.3 is 6.16 Å². The van der Waals surface area contributed by atoms with E-state index in [0.29, 0.717) is 30.8 Å². The number of methoxy groups -OCH3 is 3. The van der Waals surface area contributed by atoms with Crippen molar-refractivity contribution in [1.82, 2.24) is 9.47 Å². The van der Waals surface area contributed by atoms with Gasteiger partial charge in [0.1, 0.15) is 22.1 Å². The van der Waals surface area contributed by atoms with Gasteiger partial charge in [0.05, 0.1) is 46.1 Å². The van der Waals surface area contributed by atoms with E-state index in [1.165, 1.54) is 11.3 Å². The monoisotopic (exact) mass is 642 g/mol. The number of carbonyl (C=O) groups is 1. The number of fused-ring (bicyclic) bond motifs is 1. The van der Waals surface area contributed by atoms with Crippen LogP contribution in [0.25, 0.3) is 20.7 Å². The number of carbonyl (C=O) groups excluding carboxylic acids is 1. The van der Waals surface area contributed by atoms with Gasteiger partial charge in [0, 0.05) is 23.5 Å². The summed E-state index contributed by atoms with van der Waals surface area (Å²) in [5.74, 6) is 2.19. The van der Waals surface area contributed by atoms with Crippen molar-refractivity contribution < 1.29 is 28.5 Å². The van der Waals surface area contributed by atoms with Crippen LogP contribution in [-0.4, -0.2) is 57.2 Å². The lowest BCUT2D eigenvalue weighted by atomic mass is 10.0. The fourth-order valence-electron chi connectivity index (χ4n) is 5.41. The first-order valence-corrected chi connectivity index (χ1v) is 15.8. The van der Waals surface area contributed by atoms with Crippen molar-refractivity contribution in [2.75, 3.05) is 41.5 Å². The Morgan fingerprint density at radius 1 is 0.848 bits per heavy atom. The highest BCUT2D eigenvalue weighted by Gasteiger charge is 2.24. The number of pyridine rings is 1. The van der Waals surface area contributed by atoms with Crippen molar-refractivity contribution >= 4 is 27.7 Å². The lowest BCUT2D eigenvalue weighted by Crippen LogP contribution is -2.23. The third kappa shape index (κ3) is 7.19. The molecule has 0 fully saturated rings. The molecular formula is C36H38N2O7S. The molecular weight excluding hydrogens is 604 g/mol. The second-order valence-electron chi connectivity index (χ2n) is 10.7. The van der Waals surface area contributed by atoms with Crippen LogP contribution in [0, 0.1) is 0 Å². The minimum atomic E-state index is -0.927. The van der Waals surface area contributed by atoms with Crippen molar-refractivity contribution in [3.63, 3.8) is 0 Å². The fourth-order valence-corrected chi connectivity index (χ4v) is 6.70. The standard InChI is InChI=1S/C36H38N2O7S/c1-6-44-36(40)45-31-23-38(21-26-12-8-10-14-30(26)43-5)35-32(33(31)39)28(34(46-35)25-15-17-27(41-3)18-16-25)22-37(2)20-19-24-11-7-9-13-29(24)42-4/h7-18,23H,6,19-22H2,1-5H3. The molecule has 0 radical (unpaired) electrons. The Labute approximate surface area is 272 Å². The van der Waals surface area contributed by atoms with Crippen molar-refractivity contribution in [2.45, 2.75) is 26.4 Å². The second kappa shape index (κ2) is 15.0. The van der Waals surface area contributed by atoms with Crippen LogP contribution in [0.4, 0.5) is 4.79 Å². The maximum Gasteiger partial charge on any atom is 0.514 e. The van der Waals surface area contributed by atoms with Gasteiger partial charge in [-0.2, -0.15) is 0 Å². The van der Waals surface area contributed by atoms with Gasteiger partial charge in [-0.25, -0.2) is 4.79 Å². The number of thiophene rings is 1. The predicted molar refractivity (Wildman–Crippen MR) is 181 cm³/mol. The van der Waals surface area contributed by atoms with Crippen LogP contribution in [0.3, 0.4) is 0 Å². The third-order valence-electron chi connectivity index (χ3n) is 7.70. The highest BCUT2D eigenvalue weighted by Crippen LogP contribution is 2.40. The average molecular weight is 643 g/mol. The molecule has 0 N–H and O–H groups in total. The molecule has 0 atom stereocenters. The van der Waals surface area contributed by atoms with Gasteiger partial charge in [-0.1, -0.05) is 36.4 Å². The average Bonchev–Trinajstić information content (AvgIpc) is 3.45. The second-order valence-corrected chi connectivity index (χ2v) is 11.7. The summed E-state index contributed by atoms with van der Waals surface area (Å²) >= 11 is 1.53. The SMILES string of the molecule is CCOC(=O)Oc1cn(Cc2ccccc2OC)c2sc(-c3ccc(OC)cc3)c(CN(C)CCc3ccccc3OC)c2c1=O. The molecule has 5 rings (SSSR count). The van der Waals surface area contributed by atoms with E-state index in [1.54, 1.807) is 34.4 Å². The zero-order valence-electron chi connectivity index (χ0n) is 26.7. The molecule has 0 aliphatic heterocycles. The molecule has 3 aromatic carbocycles. The third-order valence-corrected chi connectivity index (χ3v) is 9.02. The van der Waals surface area contributed by atoms with Gasteiger partial charge in [-0.05, 0) is 73.5 Å². The summed E-state index contributed by atoms with van der Waals surface area (Å²) in [6.07, 6.45) is 1.41. The maximum atomic E-state index is 14.2. The van der Waals surface area contributed by atoms with Gasteiger partial charge in [0.2, 0.25) is 5.43 Å². The van der Waals surface area contributed by atoms with E-state index in [2.05, 4.69) is 11.0 Å². The van der Waals surface area contributed by atoms with Gasteiger partial charge in [0.25, 0.3) is 0 Å². The van der Waals surface area contributed by atoms with Crippen molar-refractivity contribution in [3.05, 3.63) is 106 Å². The topological polar surface area (TPSA) is 88.5 Å². The van der Waals surface area contributed by atoms with E-state index in [9.17, 15) is 9.59 Å². The first-order valence-electron chi connectivity index (χ1n) is 15.0. The quantitative estimate of drug-likeness (QED) is 0.127. The number of aromatic nitrogens is 1. The fraction of sp³-hybridized carbons (Fsp3) is 0.278. The largest absolute Gasteiger partial charge is 0.514 e. The maximum absolute atomic E-state index is 14.2. The highest BCUT2D eigenvalue weighted by atomic mass is 32.1. The zero-order valence-corrected chi connectivity index (χ0v) is 27.5. The minimum absolute atomic E-state index is 0.0992. The van der Waals surface area contributed by atoms with Crippen LogP contribution in [-0.2, 0) is 24.2 Å². The Hall–Kier alpha value is -4.80. The van der Waals surface area contributed by atoms with Crippen LogP contribution in [0.2, 0.25) is 0 Å². The molecule has 0 aliphatic carbocycles. The van der Waals surface area contributed by atoms with E-state index in [0.717, 1.165) is 49.9 Å². The van der Waals surface area contributed by atoms with Crippen molar-refractivity contribution in [2.24, 2.45) is 0 Å². The molecule has 0 bridgehead atoms. The van der Waals surface area contributed by atoms with Crippen LogP contribution in [0.1, 0.15) is 23.6 Å². The molecule has 2 aromatic heterocycles. The van der Waals surface area contributed by atoms with E-state index in [-0.39, 0.29) is 17.8 Å². The number of nitrogens with zero attached hydrogens (tertiary/aromatic N) is 2. The summed E-state index contributed by atoms with van der Waals surface area (Å²) in [5.41, 5.74) is 3.44. The molecule has 9 nitrogen and oxygen atoms in total. The molecule has 2 heterocycles. The number of hydrogen-bond acceptors (Lipinski definition) is 9. The van der Waals surface area contributed by atoms with Crippen molar-refractivity contribution in [3.8, 4) is 33.4 Å². The molecule has 240 valence electrons. The molecule has 0 unspecified atom stereocenters. The lowest BCUT2D eigenvalue weighted by molar-refractivity contribution is 0.104. The molecule has 0 saturated heterocycles. The van der Waals surface area contributed by atoms with Gasteiger partial charge < -0.3 is 33.2 Å². The van der Waals surface area contributed by atoms with E-state index < -0.39 is 6.16 Å². The summed E-state index contributed by atoms with van der Waals surface area (Å²) < 4.78 is 29.1. The Kier molecular flexibility index (Phi) is 10.6. The van der Waals surface area contributed by atoms with Crippen LogP contribution in [0.15, 0.2) is 83.8 Å². The molecule has 0 amide bonds. The molecule has 5 aromatic rings. The number of ether oxygens (including phenoxy) is 5. The number of rotatable bonds is 13. The Balaban J connectivity index is 1.65. The van der Waals surface area contributed by atoms with E-state index in [1.807, 2.05) is 78.3 Å². The van der Waals surface area contributed by atoms with Gasteiger partial charge in [-0.3, -0.25) is 4.79 Å². The van der Waals surface area contributed by atoms with Crippen LogP contribution < -0.4 is 24.4 Å². The van der Waals surface area contributed by atoms with Gasteiger partial charge in [0.15, 0.2) is 5.75 Å². The summed E-state index contributed by atoms with van der Waals surface area (Å²) in [6.45, 7) is 3.38. The summed E-state index contributed by atoms with van der Waals surface area (Å²) in [7, 11) is 6.96. The molecule has 0 aliphatic rings. The lowest BCUT2D eigenvalue weighted by Gasteiger charge is -2.19. The first-order chi connectivity index (χ1) is 22.4. The Morgan fingerprint density at radius 2 is 1.50 bits per heavy atom. The zero-order chi connectivity index (χ0) is 32.6. The summed E-state index contributed by atoms with van der Waals surface area (Å²) in [6, 6.07) is 23.5. The smallest absolute Gasteiger partial charge is 0.497 e. The van der Waals surface area contributed by atoms with Gasteiger partial charge in [-0.15, -0.1) is 11.3 Å². The number of hydrogen-bond donors (Lipinski definition) is 0. The number of para-hydroxylation sites is 2. The number of benzene rings is 3. The highest BCUT2D eigenvalue weighted by molar-refractivity contribution is 7.22. The normalized spacial score (nSPS) is 11.1. The van der Waals surface area contributed by atoms with E-state index in [4.69, 9.17) is 23.7 Å². The molecule has 10 heteroatoms. The van der Waals surface area contributed by atoms with Crippen LogP contribution in [0.5, 0.6) is 23.0 Å². The van der Waals surface area contributed by atoms with Crippen molar-refractivity contribution in [1.29, 1.82) is 0 Å². The van der Waals surface area contributed by atoms with Crippen LogP contribution >= 0.6 is 11.3 Å². The number of likely N-dealkylation sites (N-methyl/N-ethyl adjacent to an activating group) is 1. The Morgan fingerprint density at radius 3 is 2.15 bits per heavy atom. The Bertz CT molecular complexity index is 1860. The predicted octanol–water partition coefficient (Wildman–Crippen LogP) is 7.01. The van der Waals surface area contributed by atoms with E-state index >= 15 is 0 Å². The summed E-state index contributed by atoms with van der Waals surface area (Å²) in [4.78, 5) is 30.5. The first kappa shape index (κ1) is 32.6.